The first-order valence-electron chi connectivity index (χ1n) is 8.94. The monoisotopic (exact) mass is 346 g/mol. The summed E-state index contributed by atoms with van der Waals surface area (Å²) in [5.41, 5.74) is 5.83. The fourth-order valence-corrected chi connectivity index (χ4v) is 3.58. The van der Waals surface area contributed by atoms with Gasteiger partial charge in [-0.2, -0.15) is 0 Å². The van der Waals surface area contributed by atoms with E-state index in [4.69, 9.17) is 0 Å². The lowest BCUT2D eigenvalue weighted by Gasteiger charge is -2.29. The van der Waals surface area contributed by atoms with Crippen LogP contribution in [0.5, 0.6) is 0 Å². The number of amides is 1. The van der Waals surface area contributed by atoms with Gasteiger partial charge in [0.05, 0.1) is 17.9 Å². The smallest absolute Gasteiger partial charge is 0.227 e. The van der Waals surface area contributed by atoms with Crippen molar-refractivity contribution in [3.05, 3.63) is 54.1 Å². The second-order valence-corrected chi connectivity index (χ2v) is 7.16. The van der Waals surface area contributed by atoms with Crippen LogP contribution in [0.3, 0.4) is 0 Å². The Morgan fingerprint density at radius 1 is 1.08 bits per heavy atom. The number of hydrogen-bond acceptors (Lipinski definition) is 3. The highest BCUT2D eigenvalue weighted by Gasteiger charge is 2.28. The van der Waals surface area contributed by atoms with E-state index in [0.717, 1.165) is 33.8 Å². The lowest BCUT2D eigenvalue weighted by atomic mass is 9.95. The van der Waals surface area contributed by atoms with Crippen LogP contribution in [0.15, 0.2) is 48.5 Å². The Balaban J connectivity index is 1.98. The van der Waals surface area contributed by atoms with Crippen LogP contribution >= 0.6 is 0 Å². The fraction of sp³-hybridized carbons (Fsp3) is 0.286. The van der Waals surface area contributed by atoms with E-state index in [1.165, 1.54) is 0 Å². The number of nitrogens with zero attached hydrogens (tertiary/aromatic N) is 4. The lowest BCUT2D eigenvalue weighted by molar-refractivity contribution is -0.119. The largest absolute Gasteiger partial charge is 0.307 e. The van der Waals surface area contributed by atoms with Crippen LogP contribution in [0.2, 0.25) is 0 Å². The molecule has 26 heavy (non-hydrogen) atoms. The molecule has 5 heteroatoms. The maximum Gasteiger partial charge on any atom is 0.227 e. The van der Waals surface area contributed by atoms with E-state index in [2.05, 4.69) is 36.3 Å². The molecule has 1 amide bonds. The SMILES string of the molecule is CC(C)CC(=O)N1Cc2ccccc2-c2c(nnn2C)-c2ccccc21. The molecule has 0 unspecified atom stereocenters. The van der Waals surface area contributed by atoms with Crippen LogP contribution in [0.4, 0.5) is 5.69 Å². The van der Waals surface area contributed by atoms with Gasteiger partial charge in [0.25, 0.3) is 0 Å². The summed E-state index contributed by atoms with van der Waals surface area (Å²) in [5.74, 6) is 0.442. The van der Waals surface area contributed by atoms with Crippen LogP contribution in [0.1, 0.15) is 25.8 Å². The Hall–Kier alpha value is -2.95. The highest BCUT2D eigenvalue weighted by Crippen LogP contribution is 2.40. The summed E-state index contributed by atoms with van der Waals surface area (Å²) in [6.07, 6.45) is 0.518. The number of hydrogen-bond donors (Lipinski definition) is 0. The van der Waals surface area contributed by atoms with Gasteiger partial charge >= 0.3 is 0 Å². The Kier molecular flexibility index (Phi) is 4.07. The molecule has 1 aromatic heterocycles. The number of rotatable bonds is 2. The molecular weight excluding hydrogens is 324 g/mol. The molecule has 5 nitrogen and oxygen atoms in total. The van der Waals surface area contributed by atoms with Crippen LogP contribution in [-0.2, 0) is 18.4 Å². The average molecular weight is 346 g/mol. The normalized spacial score (nSPS) is 12.8. The van der Waals surface area contributed by atoms with Gasteiger partial charge in [0.1, 0.15) is 5.69 Å². The molecule has 0 radical (unpaired) electrons. The fourth-order valence-electron chi connectivity index (χ4n) is 3.58. The third-order valence-corrected chi connectivity index (χ3v) is 4.76. The molecular formula is C21H22N4O. The number of para-hydroxylation sites is 1. The van der Waals surface area contributed by atoms with Gasteiger partial charge in [0, 0.05) is 24.6 Å². The van der Waals surface area contributed by atoms with E-state index in [1.807, 2.05) is 53.0 Å². The van der Waals surface area contributed by atoms with Crippen molar-refractivity contribution < 1.29 is 4.79 Å². The van der Waals surface area contributed by atoms with Gasteiger partial charge in [-0.1, -0.05) is 61.5 Å². The summed E-state index contributed by atoms with van der Waals surface area (Å²) in [4.78, 5) is 14.9. The number of benzene rings is 2. The van der Waals surface area contributed by atoms with Gasteiger partial charge in [-0.15, -0.1) is 5.10 Å². The minimum Gasteiger partial charge on any atom is -0.307 e. The number of aromatic nitrogens is 3. The minimum atomic E-state index is 0.134. The number of aryl methyl sites for hydroxylation is 1. The summed E-state index contributed by atoms with van der Waals surface area (Å²) in [6, 6.07) is 16.2. The molecule has 0 atom stereocenters. The van der Waals surface area contributed by atoms with Crippen molar-refractivity contribution in [1.82, 2.24) is 15.0 Å². The van der Waals surface area contributed by atoms with E-state index < -0.39 is 0 Å². The zero-order valence-electron chi connectivity index (χ0n) is 15.3. The quantitative estimate of drug-likeness (QED) is 0.703. The zero-order chi connectivity index (χ0) is 18.3. The molecule has 2 heterocycles. The van der Waals surface area contributed by atoms with Gasteiger partial charge in [0.2, 0.25) is 5.91 Å². The standard InChI is InChI=1S/C21H22N4O/c1-14(2)12-19(26)25-13-15-8-4-5-9-16(15)21-20(22-23-24(21)3)17-10-6-7-11-18(17)25/h4-11,14H,12-13H2,1-3H3. The van der Waals surface area contributed by atoms with Crippen molar-refractivity contribution in [2.45, 2.75) is 26.8 Å². The molecule has 2 aromatic carbocycles. The summed E-state index contributed by atoms with van der Waals surface area (Å²) in [5, 5.41) is 8.69. The van der Waals surface area contributed by atoms with Crippen molar-refractivity contribution in [1.29, 1.82) is 0 Å². The number of carbonyl (C=O) groups is 1. The van der Waals surface area contributed by atoms with Crippen molar-refractivity contribution in [2.24, 2.45) is 13.0 Å². The van der Waals surface area contributed by atoms with E-state index in [1.54, 1.807) is 0 Å². The Morgan fingerprint density at radius 2 is 1.77 bits per heavy atom. The Labute approximate surface area is 153 Å². The predicted octanol–water partition coefficient (Wildman–Crippen LogP) is 4.04. The van der Waals surface area contributed by atoms with Crippen LogP contribution < -0.4 is 4.90 Å². The lowest BCUT2D eigenvalue weighted by Crippen LogP contribution is -2.32. The topological polar surface area (TPSA) is 51.0 Å². The first-order valence-corrected chi connectivity index (χ1v) is 8.94. The van der Waals surface area contributed by atoms with E-state index >= 15 is 0 Å². The van der Waals surface area contributed by atoms with Crippen LogP contribution in [0.25, 0.3) is 22.5 Å². The molecule has 0 bridgehead atoms. The molecule has 0 aliphatic carbocycles. The van der Waals surface area contributed by atoms with Gasteiger partial charge in [0.15, 0.2) is 0 Å². The van der Waals surface area contributed by atoms with Gasteiger partial charge < -0.3 is 4.90 Å². The molecule has 0 saturated carbocycles. The first kappa shape index (κ1) is 16.5. The van der Waals surface area contributed by atoms with E-state index in [9.17, 15) is 4.79 Å². The van der Waals surface area contributed by atoms with Gasteiger partial charge in [-0.25, -0.2) is 4.68 Å². The predicted molar refractivity (Wildman–Crippen MR) is 103 cm³/mol. The summed E-state index contributed by atoms with van der Waals surface area (Å²) < 4.78 is 1.82. The van der Waals surface area contributed by atoms with Crippen molar-refractivity contribution in [3.63, 3.8) is 0 Å². The maximum absolute atomic E-state index is 13.0. The maximum atomic E-state index is 13.0. The van der Waals surface area contributed by atoms with Gasteiger partial charge in [-0.3, -0.25) is 4.79 Å². The third-order valence-electron chi connectivity index (χ3n) is 4.76. The number of anilines is 1. The molecule has 3 aromatic rings. The second-order valence-electron chi connectivity index (χ2n) is 7.16. The molecule has 0 N–H and O–H groups in total. The van der Waals surface area contributed by atoms with Gasteiger partial charge in [-0.05, 0) is 17.5 Å². The molecule has 1 aliphatic heterocycles. The third kappa shape index (κ3) is 2.69. The molecule has 0 fully saturated rings. The molecule has 0 spiro atoms. The molecule has 132 valence electrons. The van der Waals surface area contributed by atoms with E-state index in [0.29, 0.717) is 18.9 Å². The number of carbonyl (C=O) groups excluding carboxylic acids is 1. The van der Waals surface area contributed by atoms with Crippen molar-refractivity contribution in [2.75, 3.05) is 4.90 Å². The molecule has 4 rings (SSSR count). The highest BCUT2D eigenvalue weighted by atomic mass is 16.2. The zero-order valence-corrected chi connectivity index (χ0v) is 15.3. The Morgan fingerprint density at radius 3 is 2.54 bits per heavy atom. The molecule has 1 aliphatic rings. The minimum absolute atomic E-state index is 0.134. The average Bonchev–Trinajstić information content (AvgIpc) is 2.98. The van der Waals surface area contributed by atoms with Crippen molar-refractivity contribution >= 4 is 11.6 Å². The second kappa shape index (κ2) is 6.41. The van der Waals surface area contributed by atoms with Crippen LogP contribution in [0, 0.1) is 5.92 Å². The number of fused-ring (bicyclic) bond motifs is 5. The molecule has 0 saturated heterocycles. The van der Waals surface area contributed by atoms with Crippen LogP contribution in [-0.4, -0.2) is 20.9 Å². The Bertz CT molecular complexity index is 974. The van der Waals surface area contributed by atoms with Crippen molar-refractivity contribution in [3.8, 4) is 22.5 Å². The first-order chi connectivity index (χ1) is 12.6. The highest BCUT2D eigenvalue weighted by molar-refractivity contribution is 6.00. The summed E-state index contributed by atoms with van der Waals surface area (Å²) >= 11 is 0. The van der Waals surface area contributed by atoms with E-state index in [-0.39, 0.29) is 5.91 Å². The summed E-state index contributed by atoms with van der Waals surface area (Å²) in [7, 11) is 1.91. The summed E-state index contributed by atoms with van der Waals surface area (Å²) in [6.45, 7) is 4.69.